The van der Waals surface area contributed by atoms with Crippen LogP contribution < -0.4 is 10.6 Å². The lowest BCUT2D eigenvalue weighted by Gasteiger charge is -2.23. The van der Waals surface area contributed by atoms with Gasteiger partial charge < -0.3 is 15.7 Å². The number of carboxylic acids is 1. The third-order valence-electron chi connectivity index (χ3n) is 3.55. The lowest BCUT2D eigenvalue weighted by molar-refractivity contribution is -0.147. The van der Waals surface area contributed by atoms with Crippen molar-refractivity contribution < 1.29 is 14.7 Å². The second-order valence-electron chi connectivity index (χ2n) is 5.17. The maximum atomic E-state index is 11.9. The van der Waals surface area contributed by atoms with E-state index < -0.39 is 17.4 Å². The van der Waals surface area contributed by atoms with E-state index in [0.29, 0.717) is 17.7 Å². The van der Waals surface area contributed by atoms with Gasteiger partial charge >= 0.3 is 12.0 Å². The van der Waals surface area contributed by atoms with Gasteiger partial charge in [-0.25, -0.2) is 4.79 Å². The normalized spacial score (nSPS) is 12.9. The van der Waals surface area contributed by atoms with Gasteiger partial charge in [-0.1, -0.05) is 13.0 Å². The Kier molecular flexibility index (Phi) is 5.30. The van der Waals surface area contributed by atoms with Crippen LogP contribution in [0.25, 0.3) is 0 Å². The van der Waals surface area contributed by atoms with Crippen molar-refractivity contribution >= 4 is 17.7 Å². The molecule has 0 saturated heterocycles. The number of anilines is 1. The highest BCUT2D eigenvalue weighted by atomic mass is 16.4. The SMILES string of the molecule is CCC(C)(CNC(=O)Nc1cc(C#N)ccc1C)C(=O)O. The first kappa shape index (κ1) is 16.5. The van der Waals surface area contributed by atoms with Crippen molar-refractivity contribution in [2.24, 2.45) is 5.41 Å². The Bertz CT molecular complexity index is 592. The number of nitriles is 1. The molecule has 3 N–H and O–H groups in total. The van der Waals surface area contributed by atoms with E-state index >= 15 is 0 Å². The molecule has 1 aromatic rings. The molecule has 0 radical (unpaired) electrons. The first-order valence-electron chi connectivity index (χ1n) is 6.61. The third-order valence-corrected chi connectivity index (χ3v) is 3.55. The van der Waals surface area contributed by atoms with Crippen LogP contribution in [0.4, 0.5) is 10.5 Å². The smallest absolute Gasteiger partial charge is 0.319 e. The number of carbonyl (C=O) groups excluding carboxylic acids is 1. The molecule has 1 unspecified atom stereocenters. The zero-order valence-corrected chi connectivity index (χ0v) is 12.4. The number of benzene rings is 1. The molecule has 6 nitrogen and oxygen atoms in total. The quantitative estimate of drug-likeness (QED) is 0.774. The summed E-state index contributed by atoms with van der Waals surface area (Å²) in [6.45, 7) is 5.18. The summed E-state index contributed by atoms with van der Waals surface area (Å²) < 4.78 is 0. The average molecular weight is 289 g/mol. The molecule has 0 aliphatic heterocycles. The number of urea groups is 1. The van der Waals surface area contributed by atoms with E-state index in [1.807, 2.05) is 13.0 Å². The van der Waals surface area contributed by atoms with Crippen LogP contribution in [0.3, 0.4) is 0 Å². The van der Waals surface area contributed by atoms with E-state index in [1.54, 1.807) is 32.0 Å². The van der Waals surface area contributed by atoms with Gasteiger partial charge in [-0.05, 0) is 38.0 Å². The second kappa shape index (κ2) is 6.75. The van der Waals surface area contributed by atoms with Crippen molar-refractivity contribution in [2.75, 3.05) is 11.9 Å². The van der Waals surface area contributed by atoms with Gasteiger partial charge in [0.1, 0.15) is 0 Å². The summed E-state index contributed by atoms with van der Waals surface area (Å²) in [5.74, 6) is -0.951. The fourth-order valence-corrected chi connectivity index (χ4v) is 1.62. The van der Waals surface area contributed by atoms with Crippen LogP contribution >= 0.6 is 0 Å². The topological polar surface area (TPSA) is 102 Å². The molecule has 0 fully saturated rings. The van der Waals surface area contributed by atoms with Crippen LogP contribution in [0.5, 0.6) is 0 Å². The lowest BCUT2D eigenvalue weighted by Crippen LogP contribution is -2.42. The van der Waals surface area contributed by atoms with E-state index in [1.165, 1.54) is 0 Å². The maximum absolute atomic E-state index is 11.9. The van der Waals surface area contributed by atoms with Crippen LogP contribution in [-0.4, -0.2) is 23.7 Å². The molecule has 6 heteroatoms. The van der Waals surface area contributed by atoms with Crippen molar-refractivity contribution in [2.45, 2.75) is 27.2 Å². The summed E-state index contributed by atoms with van der Waals surface area (Å²) in [6.07, 6.45) is 0.408. The maximum Gasteiger partial charge on any atom is 0.319 e. The van der Waals surface area contributed by atoms with Gasteiger partial charge in [0.2, 0.25) is 0 Å². The number of amides is 2. The van der Waals surface area contributed by atoms with Crippen molar-refractivity contribution in [3.8, 4) is 6.07 Å². The van der Waals surface area contributed by atoms with Crippen LogP contribution in [0.2, 0.25) is 0 Å². The molecule has 0 aliphatic rings. The number of carbonyl (C=O) groups is 2. The number of rotatable bonds is 5. The Morgan fingerprint density at radius 2 is 2.10 bits per heavy atom. The van der Waals surface area contributed by atoms with Gasteiger partial charge in [0.05, 0.1) is 17.0 Å². The van der Waals surface area contributed by atoms with Crippen molar-refractivity contribution in [1.82, 2.24) is 5.32 Å². The van der Waals surface area contributed by atoms with Gasteiger partial charge in [-0.3, -0.25) is 4.79 Å². The molecule has 0 spiro atoms. The molecule has 0 bridgehead atoms. The lowest BCUT2D eigenvalue weighted by atomic mass is 9.88. The first-order valence-corrected chi connectivity index (χ1v) is 6.61. The predicted octanol–water partition coefficient (Wildman–Crippen LogP) is 2.49. The summed E-state index contributed by atoms with van der Waals surface area (Å²) in [6, 6.07) is 6.48. The van der Waals surface area contributed by atoms with Crippen molar-refractivity contribution in [1.29, 1.82) is 5.26 Å². The number of aliphatic carboxylic acids is 1. The minimum absolute atomic E-state index is 0.0294. The van der Waals surface area contributed by atoms with E-state index in [-0.39, 0.29) is 6.54 Å². The van der Waals surface area contributed by atoms with E-state index in [0.717, 1.165) is 5.56 Å². The van der Waals surface area contributed by atoms with Crippen LogP contribution in [0, 0.1) is 23.7 Å². The van der Waals surface area contributed by atoms with Gasteiger partial charge in [0, 0.05) is 12.2 Å². The summed E-state index contributed by atoms with van der Waals surface area (Å²) in [4.78, 5) is 23.0. The molecular weight excluding hydrogens is 270 g/mol. The van der Waals surface area contributed by atoms with Gasteiger partial charge in [-0.15, -0.1) is 0 Å². The molecular formula is C15H19N3O3. The monoisotopic (exact) mass is 289 g/mol. The van der Waals surface area contributed by atoms with Gasteiger partial charge in [0.15, 0.2) is 0 Å². The summed E-state index contributed by atoms with van der Waals surface area (Å²) >= 11 is 0. The highest BCUT2D eigenvalue weighted by molar-refractivity contribution is 5.90. The number of hydrogen-bond donors (Lipinski definition) is 3. The highest BCUT2D eigenvalue weighted by Gasteiger charge is 2.31. The van der Waals surface area contributed by atoms with Gasteiger partial charge in [0.25, 0.3) is 0 Å². The largest absolute Gasteiger partial charge is 0.481 e. The van der Waals surface area contributed by atoms with Crippen LogP contribution in [0.15, 0.2) is 18.2 Å². The molecule has 21 heavy (non-hydrogen) atoms. The van der Waals surface area contributed by atoms with Crippen molar-refractivity contribution in [3.05, 3.63) is 29.3 Å². The minimum Gasteiger partial charge on any atom is -0.481 e. The number of hydrogen-bond acceptors (Lipinski definition) is 3. The van der Waals surface area contributed by atoms with Crippen molar-refractivity contribution in [3.63, 3.8) is 0 Å². The average Bonchev–Trinajstić information content (AvgIpc) is 2.46. The fraction of sp³-hybridized carbons (Fsp3) is 0.400. The predicted molar refractivity (Wildman–Crippen MR) is 78.9 cm³/mol. The Labute approximate surface area is 123 Å². The zero-order chi connectivity index (χ0) is 16.0. The van der Waals surface area contributed by atoms with E-state index in [4.69, 9.17) is 10.4 Å². The third kappa shape index (κ3) is 4.21. The Morgan fingerprint density at radius 3 is 2.62 bits per heavy atom. The molecule has 0 saturated carbocycles. The number of nitrogens with one attached hydrogen (secondary N) is 2. The molecule has 1 atom stereocenters. The molecule has 112 valence electrons. The van der Waals surface area contributed by atoms with E-state index in [9.17, 15) is 9.59 Å². The number of aryl methyl sites for hydroxylation is 1. The summed E-state index contributed by atoms with van der Waals surface area (Å²) in [5, 5.41) is 23.2. The standard InChI is InChI=1S/C15H19N3O3/c1-4-15(3,13(19)20)9-17-14(21)18-12-7-11(8-16)6-5-10(12)2/h5-7H,4,9H2,1-3H3,(H,19,20)(H2,17,18,21). The van der Waals surface area contributed by atoms with Crippen LogP contribution in [-0.2, 0) is 4.79 Å². The molecule has 0 heterocycles. The Hall–Kier alpha value is -2.55. The molecule has 0 aromatic heterocycles. The Morgan fingerprint density at radius 1 is 1.43 bits per heavy atom. The number of carboxylic acid groups (broad SMARTS) is 1. The van der Waals surface area contributed by atoms with E-state index in [2.05, 4.69) is 10.6 Å². The first-order chi connectivity index (χ1) is 9.82. The summed E-state index contributed by atoms with van der Waals surface area (Å²) in [7, 11) is 0. The number of nitrogens with zero attached hydrogens (tertiary/aromatic N) is 1. The molecule has 0 aliphatic carbocycles. The fourth-order valence-electron chi connectivity index (χ4n) is 1.62. The zero-order valence-electron chi connectivity index (χ0n) is 12.4. The van der Waals surface area contributed by atoms with Crippen LogP contribution in [0.1, 0.15) is 31.4 Å². The molecule has 2 amide bonds. The second-order valence-corrected chi connectivity index (χ2v) is 5.17. The summed E-state index contributed by atoms with van der Waals surface area (Å²) in [5.41, 5.74) is 0.793. The highest BCUT2D eigenvalue weighted by Crippen LogP contribution is 2.20. The minimum atomic E-state index is -0.999. The molecule has 1 rings (SSSR count). The molecule has 1 aromatic carbocycles. The Balaban J connectivity index is 2.71. The van der Waals surface area contributed by atoms with Gasteiger partial charge in [-0.2, -0.15) is 5.26 Å².